The molecule has 0 N–H and O–H groups in total. The van der Waals surface area contributed by atoms with Crippen LogP contribution in [-0.4, -0.2) is 22.9 Å². The van der Waals surface area contributed by atoms with Crippen LogP contribution in [0.15, 0.2) is 24.3 Å². The Morgan fingerprint density at radius 1 is 1.00 bits per heavy atom. The molecule has 148 valence electrons. The number of hydrogen-bond acceptors (Lipinski definition) is 7. The molecule has 0 atom stereocenters. The Hall–Kier alpha value is -3.08. The van der Waals surface area contributed by atoms with Crippen molar-refractivity contribution in [3.8, 4) is 0 Å². The number of nitrogens with zero attached hydrogens (tertiary/aromatic N) is 2. The zero-order chi connectivity index (χ0) is 21.0. The first-order chi connectivity index (χ1) is 13.1. The van der Waals surface area contributed by atoms with Crippen molar-refractivity contribution in [3.05, 3.63) is 78.4 Å². The number of hydrogen-bond donors (Lipinski definition) is 0. The first kappa shape index (κ1) is 21.2. The minimum absolute atomic E-state index is 0.0149. The molecule has 11 heteroatoms. The van der Waals surface area contributed by atoms with Crippen LogP contribution in [0.3, 0.4) is 0 Å². The number of nitro benzene ring substituents is 2. The van der Waals surface area contributed by atoms with E-state index in [1.54, 1.807) is 0 Å². The van der Waals surface area contributed by atoms with E-state index in [9.17, 15) is 33.8 Å². The average molecular weight is 412 g/mol. The van der Waals surface area contributed by atoms with E-state index in [0.29, 0.717) is 0 Å². The van der Waals surface area contributed by atoms with Crippen molar-refractivity contribution in [2.75, 3.05) is 7.11 Å². The van der Waals surface area contributed by atoms with Crippen molar-refractivity contribution in [2.45, 2.75) is 18.4 Å². The lowest BCUT2D eigenvalue weighted by molar-refractivity contribution is -0.385. The molecule has 0 fully saturated rings. The van der Waals surface area contributed by atoms with E-state index in [1.807, 2.05) is 0 Å². The minimum Gasteiger partial charge on any atom is -0.465 e. The van der Waals surface area contributed by atoms with Crippen LogP contribution >= 0.6 is 11.8 Å². The fourth-order valence-electron chi connectivity index (χ4n) is 2.42. The van der Waals surface area contributed by atoms with Gasteiger partial charge in [-0.05, 0) is 19.1 Å². The van der Waals surface area contributed by atoms with Gasteiger partial charge in [0.25, 0.3) is 11.4 Å². The normalized spacial score (nSPS) is 10.6. The molecule has 0 radical (unpaired) electrons. The second-order valence-corrected chi connectivity index (χ2v) is 6.68. The summed E-state index contributed by atoms with van der Waals surface area (Å²) >= 11 is 1.01. The van der Waals surface area contributed by atoms with E-state index in [1.165, 1.54) is 6.92 Å². The Bertz CT molecular complexity index is 967. The van der Waals surface area contributed by atoms with Gasteiger partial charge in [-0.2, -0.15) is 11.8 Å². The van der Waals surface area contributed by atoms with Gasteiger partial charge in [-0.15, -0.1) is 0 Å². The summed E-state index contributed by atoms with van der Waals surface area (Å²) in [5.41, 5.74) is -1.19. The number of esters is 1. The summed E-state index contributed by atoms with van der Waals surface area (Å²) in [6, 6.07) is 3.79. The maximum absolute atomic E-state index is 14.2. The lowest BCUT2D eigenvalue weighted by Crippen LogP contribution is -2.07. The zero-order valence-electron chi connectivity index (χ0n) is 14.7. The summed E-state index contributed by atoms with van der Waals surface area (Å²) in [7, 11) is 1.02. The number of aryl methyl sites for hydroxylation is 1. The maximum Gasteiger partial charge on any atom is 0.344 e. The summed E-state index contributed by atoms with van der Waals surface area (Å²) in [6.45, 7) is 1.41. The molecule has 0 heterocycles. The highest BCUT2D eigenvalue weighted by atomic mass is 32.2. The molecule has 2 aromatic rings. The molecule has 0 saturated carbocycles. The molecule has 28 heavy (non-hydrogen) atoms. The summed E-state index contributed by atoms with van der Waals surface area (Å²) in [5, 5.41) is 22.1. The highest BCUT2D eigenvalue weighted by molar-refractivity contribution is 7.97. The third kappa shape index (κ3) is 4.60. The number of ether oxygens (including phenoxy) is 1. The monoisotopic (exact) mass is 412 g/mol. The second kappa shape index (κ2) is 8.74. The molecule has 2 aromatic carbocycles. The molecule has 0 unspecified atom stereocenters. The van der Waals surface area contributed by atoms with Crippen molar-refractivity contribution < 1.29 is 28.2 Å². The van der Waals surface area contributed by atoms with Crippen LogP contribution in [0.1, 0.15) is 27.0 Å². The lowest BCUT2D eigenvalue weighted by Gasteiger charge is -2.08. The van der Waals surface area contributed by atoms with Gasteiger partial charge in [0.1, 0.15) is 17.2 Å². The van der Waals surface area contributed by atoms with Crippen LogP contribution in [0, 0.1) is 38.8 Å². The van der Waals surface area contributed by atoms with Gasteiger partial charge in [0.2, 0.25) is 0 Å². The Morgan fingerprint density at radius 2 is 1.50 bits per heavy atom. The van der Waals surface area contributed by atoms with E-state index in [-0.39, 0.29) is 33.9 Å². The summed E-state index contributed by atoms with van der Waals surface area (Å²) in [4.78, 5) is 32.2. The van der Waals surface area contributed by atoms with Crippen LogP contribution in [0.2, 0.25) is 0 Å². The molecule has 0 aliphatic rings. The van der Waals surface area contributed by atoms with E-state index in [4.69, 9.17) is 0 Å². The Kier molecular flexibility index (Phi) is 6.62. The third-order valence-corrected chi connectivity index (χ3v) is 4.87. The van der Waals surface area contributed by atoms with Gasteiger partial charge < -0.3 is 4.74 Å². The van der Waals surface area contributed by atoms with Gasteiger partial charge >= 0.3 is 5.97 Å². The Morgan fingerprint density at radius 3 is 2.00 bits per heavy atom. The summed E-state index contributed by atoms with van der Waals surface area (Å²) in [5.74, 6) is -2.62. The number of benzene rings is 2. The topological polar surface area (TPSA) is 113 Å². The number of thioether (sulfide) groups is 1. The Labute approximate surface area is 161 Å². The molecule has 8 nitrogen and oxygen atoms in total. The SMILES string of the molecule is COC(=O)c1cc(F)c(CSCc2cc([N+](=O)[O-])c(C)cc2F)cc1[N+](=O)[O-]. The minimum atomic E-state index is -1.04. The first-order valence-electron chi connectivity index (χ1n) is 7.72. The zero-order valence-corrected chi connectivity index (χ0v) is 15.5. The molecular weight excluding hydrogens is 398 g/mol. The van der Waals surface area contributed by atoms with Crippen molar-refractivity contribution in [3.63, 3.8) is 0 Å². The number of methoxy groups -OCH3 is 1. The number of halogens is 2. The quantitative estimate of drug-likeness (QED) is 0.378. The molecular formula is C17H14F2N2O6S. The summed E-state index contributed by atoms with van der Waals surface area (Å²) in [6.07, 6.45) is 0. The van der Waals surface area contributed by atoms with Gasteiger partial charge in [0, 0.05) is 40.3 Å². The van der Waals surface area contributed by atoms with Gasteiger partial charge in [-0.25, -0.2) is 13.6 Å². The van der Waals surface area contributed by atoms with Crippen molar-refractivity contribution in [1.29, 1.82) is 0 Å². The number of carbonyl (C=O) groups is 1. The fraction of sp³-hybridized carbons (Fsp3) is 0.235. The molecule has 2 rings (SSSR count). The van der Waals surface area contributed by atoms with E-state index in [2.05, 4.69) is 4.74 Å². The van der Waals surface area contributed by atoms with Crippen LogP contribution < -0.4 is 0 Å². The molecule has 0 aliphatic carbocycles. The van der Waals surface area contributed by atoms with Crippen molar-refractivity contribution >= 4 is 29.1 Å². The first-order valence-corrected chi connectivity index (χ1v) is 8.87. The van der Waals surface area contributed by atoms with E-state index in [0.717, 1.165) is 43.1 Å². The fourth-order valence-corrected chi connectivity index (χ4v) is 3.41. The molecule has 0 aromatic heterocycles. The molecule has 0 aliphatic heterocycles. The molecule has 0 spiro atoms. The van der Waals surface area contributed by atoms with Crippen molar-refractivity contribution in [2.24, 2.45) is 0 Å². The third-order valence-electron chi connectivity index (χ3n) is 3.84. The molecule has 0 saturated heterocycles. The van der Waals surface area contributed by atoms with Crippen LogP contribution in [0.5, 0.6) is 0 Å². The van der Waals surface area contributed by atoms with Crippen LogP contribution in [0.4, 0.5) is 20.2 Å². The molecule has 0 amide bonds. The second-order valence-electron chi connectivity index (χ2n) is 5.69. The Balaban J connectivity index is 2.23. The predicted octanol–water partition coefficient (Wildman–Crippen LogP) is 4.31. The average Bonchev–Trinajstić information content (AvgIpc) is 2.63. The maximum atomic E-state index is 14.2. The van der Waals surface area contributed by atoms with Crippen molar-refractivity contribution in [1.82, 2.24) is 0 Å². The van der Waals surface area contributed by atoms with Gasteiger partial charge in [-0.1, -0.05) is 0 Å². The number of rotatable bonds is 7. The van der Waals surface area contributed by atoms with E-state index >= 15 is 0 Å². The smallest absolute Gasteiger partial charge is 0.344 e. The highest BCUT2D eigenvalue weighted by Crippen LogP contribution is 2.29. The predicted molar refractivity (Wildman–Crippen MR) is 97.2 cm³/mol. The highest BCUT2D eigenvalue weighted by Gasteiger charge is 2.24. The van der Waals surface area contributed by atoms with Gasteiger partial charge in [0.15, 0.2) is 0 Å². The molecule has 0 bridgehead atoms. The lowest BCUT2D eigenvalue weighted by atomic mass is 10.1. The number of carbonyl (C=O) groups excluding carboxylic acids is 1. The van der Waals surface area contributed by atoms with Crippen LogP contribution in [0.25, 0.3) is 0 Å². The largest absolute Gasteiger partial charge is 0.465 e. The van der Waals surface area contributed by atoms with Crippen LogP contribution in [-0.2, 0) is 16.2 Å². The number of nitro groups is 2. The van der Waals surface area contributed by atoms with E-state index < -0.39 is 38.7 Å². The summed E-state index contributed by atoms with van der Waals surface area (Å²) < 4.78 is 32.6. The standard InChI is InChI=1S/C17H14F2N2O6S/c1-9-3-13(18)10(4-15(9)20(23)24)7-28-8-11-5-16(21(25)26)12(6-14(11)19)17(22)27-2/h3-6H,7-8H2,1-2H3. The van der Waals surface area contributed by atoms with Gasteiger partial charge in [-0.3, -0.25) is 20.2 Å². The van der Waals surface area contributed by atoms with Gasteiger partial charge in [0.05, 0.1) is 17.0 Å².